The van der Waals surface area contributed by atoms with Gasteiger partial charge >= 0.3 is 5.97 Å². The molecule has 1 amide bonds. The number of benzene rings is 2. The highest BCUT2D eigenvalue weighted by Crippen LogP contribution is 2.30. The monoisotopic (exact) mass is 546 g/mol. The molecule has 2 aliphatic rings. The van der Waals surface area contributed by atoms with Gasteiger partial charge in [-0.2, -0.15) is 5.10 Å². The number of nitrogens with one attached hydrogen (secondary N) is 1. The van der Waals surface area contributed by atoms with E-state index in [1.807, 2.05) is 36.5 Å². The van der Waals surface area contributed by atoms with Crippen molar-refractivity contribution in [3.63, 3.8) is 0 Å². The van der Waals surface area contributed by atoms with Gasteiger partial charge in [0.1, 0.15) is 0 Å². The molecule has 2 aromatic carbocycles. The third-order valence-electron chi connectivity index (χ3n) is 8.03. The molecule has 0 bridgehead atoms. The van der Waals surface area contributed by atoms with Crippen LogP contribution < -0.4 is 5.32 Å². The summed E-state index contributed by atoms with van der Waals surface area (Å²) in [5.41, 5.74) is 4.92. The van der Waals surface area contributed by atoms with Crippen molar-refractivity contribution in [3.8, 4) is 0 Å². The van der Waals surface area contributed by atoms with Crippen molar-refractivity contribution in [1.29, 1.82) is 0 Å². The SMILES string of the molecule is CCCCCCCCOC(=O)CC1CCc2cc(NC(=O)c3ccc(C=NN4CCN(C)CC4)cc3)ccc2C1. The second kappa shape index (κ2) is 15.6. The fourth-order valence-electron chi connectivity index (χ4n) is 5.43. The summed E-state index contributed by atoms with van der Waals surface area (Å²) >= 11 is 0. The van der Waals surface area contributed by atoms with Crippen LogP contribution in [-0.4, -0.2) is 67.8 Å². The van der Waals surface area contributed by atoms with E-state index >= 15 is 0 Å². The van der Waals surface area contributed by atoms with E-state index < -0.39 is 0 Å². The van der Waals surface area contributed by atoms with E-state index in [0.717, 1.165) is 69.5 Å². The van der Waals surface area contributed by atoms with Crippen LogP contribution in [0.5, 0.6) is 0 Å². The fourth-order valence-corrected chi connectivity index (χ4v) is 5.43. The molecule has 216 valence electrons. The summed E-state index contributed by atoms with van der Waals surface area (Å²) in [6.45, 7) is 6.67. The second-order valence-corrected chi connectivity index (χ2v) is 11.4. The molecule has 1 saturated heterocycles. The number of ether oxygens (including phenoxy) is 1. The summed E-state index contributed by atoms with van der Waals surface area (Å²) in [5, 5.41) is 9.70. The molecular formula is C33H46N4O3. The Labute approximate surface area is 240 Å². The molecule has 0 radical (unpaired) electrons. The van der Waals surface area contributed by atoms with Crippen molar-refractivity contribution in [3.05, 3.63) is 64.7 Å². The highest BCUT2D eigenvalue weighted by molar-refractivity contribution is 6.04. The van der Waals surface area contributed by atoms with Gasteiger partial charge in [0.05, 0.1) is 12.8 Å². The standard InChI is InChI=1S/C33H46N4O3/c1-3-4-5-6-7-8-21-40-32(38)23-27-11-14-30-24-31(16-15-29(30)22-27)35-33(39)28-12-9-26(10-13-28)25-34-37-19-17-36(2)18-20-37/h9-10,12-13,15-16,24-25,27H,3-8,11,14,17-23H2,1-2H3,(H,35,39). The largest absolute Gasteiger partial charge is 0.466 e. The molecule has 0 aromatic heterocycles. The number of hydrogen-bond donors (Lipinski definition) is 1. The number of carbonyl (C=O) groups is 2. The number of hydrogen-bond acceptors (Lipinski definition) is 6. The highest BCUT2D eigenvalue weighted by Gasteiger charge is 2.22. The molecule has 1 heterocycles. The van der Waals surface area contributed by atoms with Crippen LogP contribution >= 0.6 is 0 Å². The van der Waals surface area contributed by atoms with E-state index in [2.05, 4.69) is 46.4 Å². The van der Waals surface area contributed by atoms with Gasteiger partial charge < -0.3 is 15.0 Å². The zero-order valence-corrected chi connectivity index (χ0v) is 24.4. The first-order valence-corrected chi connectivity index (χ1v) is 15.2. The number of amides is 1. The predicted octanol–water partition coefficient (Wildman–Crippen LogP) is 5.92. The lowest BCUT2D eigenvalue weighted by atomic mass is 9.82. The van der Waals surface area contributed by atoms with Crippen molar-refractivity contribution in [2.75, 3.05) is 45.2 Å². The summed E-state index contributed by atoms with van der Waals surface area (Å²) in [4.78, 5) is 27.5. The van der Waals surface area contributed by atoms with E-state index in [1.165, 1.54) is 36.8 Å². The lowest BCUT2D eigenvalue weighted by Crippen LogP contribution is -2.41. The Morgan fingerprint density at radius 1 is 0.975 bits per heavy atom. The summed E-state index contributed by atoms with van der Waals surface area (Å²) in [5.74, 6) is 0.134. The zero-order chi connectivity index (χ0) is 28.2. The van der Waals surface area contributed by atoms with E-state index in [4.69, 9.17) is 4.74 Å². The maximum Gasteiger partial charge on any atom is 0.306 e. The molecule has 1 fully saturated rings. The number of aryl methyl sites for hydroxylation is 1. The van der Waals surface area contributed by atoms with Crippen LogP contribution in [0.25, 0.3) is 0 Å². The van der Waals surface area contributed by atoms with Gasteiger partial charge in [0, 0.05) is 43.9 Å². The quantitative estimate of drug-likeness (QED) is 0.192. The average molecular weight is 547 g/mol. The summed E-state index contributed by atoms with van der Waals surface area (Å²) < 4.78 is 5.50. The molecule has 1 unspecified atom stereocenters. The fraction of sp³-hybridized carbons (Fsp3) is 0.545. The first-order chi connectivity index (χ1) is 19.5. The number of fused-ring (bicyclic) bond motifs is 1. The van der Waals surface area contributed by atoms with Gasteiger partial charge in [-0.05, 0) is 79.6 Å². The number of anilines is 1. The lowest BCUT2D eigenvalue weighted by molar-refractivity contribution is -0.145. The summed E-state index contributed by atoms with van der Waals surface area (Å²) in [6.07, 6.45) is 12.3. The predicted molar refractivity (Wildman–Crippen MR) is 162 cm³/mol. The number of piperazine rings is 1. The van der Waals surface area contributed by atoms with Crippen molar-refractivity contribution in [2.24, 2.45) is 11.0 Å². The molecule has 7 heteroatoms. The number of hydrazone groups is 1. The average Bonchev–Trinajstić information content (AvgIpc) is 2.96. The minimum atomic E-state index is -0.121. The Kier molecular flexibility index (Phi) is 11.6. The third-order valence-corrected chi connectivity index (χ3v) is 8.03. The number of unbranched alkanes of at least 4 members (excludes halogenated alkanes) is 5. The van der Waals surface area contributed by atoms with Gasteiger partial charge in [-0.1, -0.05) is 57.2 Å². The maximum absolute atomic E-state index is 12.9. The molecule has 1 atom stereocenters. The number of carbonyl (C=O) groups excluding carboxylic acids is 2. The van der Waals surface area contributed by atoms with Gasteiger partial charge in [-0.3, -0.25) is 14.6 Å². The van der Waals surface area contributed by atoms with Crippen molar-refractivity contribution in [1.82, 2.24) is 9.91 Å². The Morgan fingerprint density at radius 3 is 2.50 bits per heavy atom. The first-order valence-electron chi connectivity index (χ1n) is 15.2. The van der Waals surface area contributed by atoms with Crippen LogP contribution in [0.15, 0.2) is 47.6 Å². The number of esters is 1. The van der Waals surface area contributed by atoms with Crippen LogP contribution in [0.3, 0.4) is 0 Å². The van der Waals surface area contributed by atoms with E-state index in [-0.39, 0.29) is 11.9 Å². The van der Waals surface area contributed by atoms with Crippen LogP contribution in [0, 0.1) is 5.92 Å². The molecule has 7 nitrogen and oxygen atoms in total. The zero-order valence-electron chi connectivity index (χ0n) is 24.4. The number of rotatable bonds is 13. The van der Waals surface area contributed by atoms with E-state index in [9.17, 15) is 9.59 Å². The molecule has 1 N–H and O–H groups in total. The molecule has 0 saturated carbocycles. The lowest BCUT2D eigenvalue weighted by Gasteiger charge is -2.30. The van der Waals surface area contributed by atoms with Gasteiger partial charge in [0.25, 0.3) is 5.91 Å². The molecule has 1 aliphatic carbocycles. The Morgan fingerprint density at radius 2 is 1.73 bits per heavy atom. The van der Waals surface area contributed by atoms with Gasteiger partial charge in [-0.15, -0.1) is 0 Å². The number of nitrogens with zero attached hydrogens (tertiary/aromatic N) is 3. The summed E-state index contributed by atoms with van der Waals surface area (Å²) in [6, 6.07) is 13.7. The van der Waals surface area contributed by atoms with Crippen molar-refractivity contribution < 1.29 is 14.3 Å². The third kappa shape index (κ3) is 9.47. The van der Waals surface area contributed by atoms with Gasteiger partial charge in [0.2, 0.25) is 0 Å². The molecule has 4 rings (SSSR count). The van der Waals surface area contributed by atoms with Gasteiger partial charge in [0.15, 0.2) is 0 Å². The van der Waals surface area contributed by atoms with Crippen LogP contribution in [0.2, 0.25) is 0 Å². The Bertz CT molecular complexity index is 1120. The molecule has 2 aromatic rings. The highest BCUT2D eigenvalue weighted by atomic mass is 16.5. The topological polar surface area (TPSA) is 74.2 Å². The van der Waals surface area contributed by atoms with E-state index in [1.54, 1.807) is 0 Å². The smallest absolute Gasteiger partial charge is 0.306 e. The van der Waals surface area contributed by atoms with Crippen molar-refractivity contribution >= 4 is 23.8 Å². The minimum Gasteiger partial charge on any atom is -0.466 e. The molecule has 40 heavy (non-hydrogen) atoms. The normalized spacial score (nSPS) is 17.6. The van der Waals surface area contributed by atoms with Gasteiger partial charge in [-0.25, -0.2) is 0 Å². The van der Waals surface area contributed by atoms with Crippen LogP contribution in [0.1, 0.15) is 85.3 Å². The minimum absolute atomic E-state index is 0.0671. The first kappa shape index (κ1) is 29.8. The van der Waals surface area contributed by atoms with Crippen LogP contribution in [-0.2, 0) is 22.4 Å². The summed E-state index contributed by atoms with van der Waals surface area (Å²) in [7, 11) is 2.13. The molecular weight excluding hydrogens is 500 g/mol. The maximum atomic E-state index is 12.9. The Hall–Kier alpha value is -3.19. The van der Waals surface area contributed by atoms with Crippen molar-refractivity contribution in [2.45, 2.75) is 71.1 Å². The molecule has 1 aliphatic heterocycles. The molecule has 0 spiro atoms. The number of likely N-dealkylation sites (N-methyl/N-ethyl adjacent to an activating group) is 1. The Balaban J connectivity index is 1.20. The van der Waals surface area contributed by atoms with E-state index in [0.29, 0.717) is 24.5 Å². The second-order valence-electron chi connectivity index (χ2n) is 11.4. The van der Waals surface area contributed by atoms with Crippen LogP contribution in [0.4, 0.5) is 5.69 Å².